The molecule has 0 amide bonds. The maximum absolute atomic E-state index is 4.84. The first kappa shape index (κ1) is 17.2. The third-order valence-electron chi connectivity index (χ3n) is 5.69. The van der Waals surface area contributed by atoms with Gasteiger partial charge in [0.1, 0.15) is 5.52 Å². The van der Waals surface area contributed by atoms with Crippen molar-refractivity contribution in [1.29, 1.82) is 0 Å². The molecule has 0 spiro atoms. The molecular weight excluding hydrogens is 342 g/mol. The van der Waals surface area contributed by atoms with E-state index in [1.165, 1.54) is 44.1 Å². The first-order valence-electron chi connectivity index (χ1n) is 9.94. The van der Waals surface area contributed by atoms with Crippen molar-refractivity contribution in [2.75, 3.05) is 0 Å². The smallest absolute Gasteiger partial charge is 0.255 e. The van der Waals surface area contributed by atoms with Gasteiger partial charge in [-0.25, -0.2) is 4.57 Å². The second kappa shape index (κ2) is 5.78. The van der Waals surface area contributed by atoms with Gasteiger partial charge in [-0.3, -0.25) is 4.98 Å². The van der Waals surface area contributed by atoms with Gasteiger partial charge in [-0.05, 0) is 60.2 Å². The van der Waals surface area contributed by atoms with Gasteiger partial charge in [-0.1, -0.05) is 39.0 Å². The summed E-state index contributed by atoms with van der Waals surface area (Å²) in [6.07, 6.45) is 2.99. The van der Waals surface area contributed by atoms with Crippen LogP contribution in [0.4, 0.5) is 0 Å². The minimum absolute atomic E-state index is 0.253. The Labute approximate surface area is 165 Å². The van der Waals surface area contributed by atoms with E-state index in [0.717, 1.165) is 11.9 Å². The van der Waals surface area contributed by atoms with Crippen LogP contribution in [-0.2, 0) is 13.5 Å². The monoisotopic (exact) mass is 368 g/mol. The van der Waals surface area contributed by atoms with Crippen LogP contribution in [0, 0.1) is 12.3 Å². The Morgan fingerprint density at radius 1 is 1.00 bits per heavy atom. The number of aryl methyl sites for hydroxylation is 2. The number of nitrogens with zero attached hydrogens (tertiary/aromatic N) is 3. The predicted molar refractivity (Wildman–Crippen MR) is 117 cm³/mol. The van der Waals surface area contributed by atoms with Crippen LogP contribution in [-0.4, -0.2) is 9.38 Å². The zero-order valence-electron chi connectivity index (χ0n) is 17.2. The lowest BCUT2D eigenvalue weighted by molar-refractivity contribution is -0.617. The molecule has 28 heavy (non-hydrogen) atoms. The maximum Gasteiger partial charge on any atom is 0.297 e. The van der Waals surface area contributed by atoms with Gasteiger partial charge in [0.25, 0.3) is 5.65 Å². The molecule has 0 aliphatic carbocycles. The average molecular weight is 369 g/mol. The Morgan fingerprint density at radius 2 is 1.79 bits per heavy atom. The van der Waals surface area contributed by atoms with Crippen LogP contribution in [0.3, 0.4) is 0 Å². The van der Waals surface area contributed by atoms with Gasteiger partial charge in [0, 0.05) is 11.6 Å². The maximum atomic E-state index is 4.84. The third kappa shape index (κ3) is 2.42. The summed E-state index contributed by atoms with van der Waals surface area (Å²) in [5.41, 5.74) is 8.87. The Morgan fingerprint density at radius 3 is 2.57 bits per heavy atom. The molecule has 3 heterocycles. The van der Waals surface area contributed by atoms with Crippen LogP contribution in [0.2, 0.25) is 0 Å². The molecule has 0 unspecified atom stereocenters. The average Bonchev–Trinajstić information content (AvgIpc) is 2.94. The lowest BCUT2D eigenvalue weighted by Gasteiger charge is -2.18. The first-order chi connectivity index (χ1) is 13.3. The van der Waals surface area contributed by atoms with Crippen molar-refractivity contribution in [2.45, 2.75) is 34.1 Å². The van der Waals surface area contributed by atoms with Crippen molar-refractivity contribution in [1.82, 2.24) is 9.38 Å². The van der Waals surface area contributed by atoms with Crippen LogP contribution >= 0.6 is 0 Å². The Kier molecular flexibility index (Phi) is 3.54. The van der Waals surface area contributed by atoms with Gasteiger partial charge in [0.2, 0.25) is 0 Å². The molecule has 3 heteroatoms. The van der Waals surface area contributed by atoms with Crippen molar-refractivity contribution in [3.05, 3.63) is 65.9 Å². The van der Waals surface area contributed by atoms with Crippen LogP contribution in [0.25, 0.3) is 38.5 Å². The van der Waals surface area contributed by atoms with Crippen molar-refractivity contribution >= 4 is 38.5 Å². The molecule has 5 aromatic rings. The van der Waals surface area contributed by atoms with E-state index < -0.39 is 0 Å². The highest BCUT2D eigenvalue weighted by molar-refractivity contribution is 6.11. The highest BCUT2D eigenvalue weighted by Crippen LogP contribution is 2.33. The normalized spacial score (nSPS) is 12.6. The Balaban J connectivity index is 2.05. The van der Waals surface area contributed by atoms with E-state index in [1.807, 2.05) is 6.20 Å². The SMILES string of the molecule is Cc1ccnc2c3cc(CC(C)(C)C)ccc3n3c4ccccc4[n+](C)c3c12. The third-order valence-corrected chi connectivity index (χ3v) is 5.69. The Bertz CT molecular complexity index is 1380. The van der Waals surface area contributed by atoms with Gasteiger partial charge >= 0.3 is 0 Å². The quantitative estimate of drug-likeness (QED) is 0.282. The van der Waals surface area contributed by atoms with Crippen LogP contribution in [0.1, 0.15) is 31.9 Å². The molecule has 0 saturated carbocycles. The molecule has 2 aromatic carbocycles. The minimum atomic E-state index is 0.253. The van der Waals surface area contributed by atoms with Gasteiger partial charge in [0.05, 0.1) is 18.0 Å². The fraction of sp³-hybridized carbons (Fsp3) is 0.280. The number of imidazole rings is 1. The molecule has 0 aliphatic rings. The fourth-order valence-corrected chi connectivity index (χ4v) is 4.57. The van der Waals surface area contributed by atoms with E-state index in [9.17, 15) is 0 Å². The molecule has 0 aliphatic heterocycles. The largest absolute Gasteiger partial charge is 0.297 e. The number of rotatable bonds is 1. The number of benzene rings is 2. The lowest BCUT2D eigenvalue weighted by Crippen LogP contribution is -2.27. The van der Waals surface area contributed by atoms with Crippen LogP contribution < -0.4 is 4.57 Å². The molecule has 0 N–H and O–H groups in total. The molecule has 0 saturated heterocycles. The molecule has 0 fully saturated rings. The molecule has 3 nitrogen and oxygen atoms in total. The highest BCUT2D eigenvalue weighted by atomic mass is 15.1. The number of aromatic nitrogens is 3. The first-order valence-corrected chi connectivity index (χ1v) is 9.94. The number of hydrogen-bond donors (Lipinski definition) is 0. The number of para-hydroxylation sites is 2. The molecule has 5 rings (SSSR count). The molecule has 0 bridgehead atoms. The second-order valence-corrected chi connectivity index (χ2v) is 9.15. The molecule has 140 valence electrons. The second-order valence-electron chi connectivity index (χ2n) is 9.15. The van der Waals surface area contributed by atoms with Crippen molar-refractivity contribution in [2.24, 2.45) is 12.5 Å². The van der Waals surface area contributed by atoms with Gasteiger partial charge < -0.3 is 0 Å². The molecule has 3 aromatic heterocycles. The Hall–Kier alpha value is -2.94. The van der Waals surface area contributed by atoms with E-state index in [0.29, 0.717) is 0 Å². The summed E-state index contributed by atoms with van der Waals surface area (Å²) in [5, 5.41) is 2.47. The molecule has 0 atom stereocenters. The predicted octanol–water partition coefficient (Wildman–Crippen LogP) is 5.52. The number of fused-ring (bicyclic) bond motifs is 8. The summed E-state index contributed by atoms with van der Waals surface area (Å²) < 4.78 is 4.71. The highest BCUT2D eigenvalue weighted by Gasteiger charge is 2.25. The van der Waals surface area contributed by atoms with Crippen molar-refractivity contribution in [3.63, 3.8) is 0 Å². The summed E-state index contributed by atoms with van der Waals surface area (Å²) in [5.74, 6) is 0. The van der Waals surface area contributed by atoms with E-state index in [-0.39, 0.29) is 5.41 Å². The number of pyridine rings is 2. The van der Waals surface area contributed by atoms with Gasteiger partial charge in [-0.15, -0.1) is 0 Å². The topological polar surface area (TPSA) is 21.2 Å². The lowest BCUT2D eigenvalue weighted by atomic mass is 9.87. The molecule has 0 radical (unpaired) electrons. The number of hydrogen-bond acceptors (Lipinski definition) is 1. The summed E-state index contributed by atoms with van der Waals surface area (Å²) in [4.78, 5) is 4.84. The van der Waals surface area contributed by atoms with Gasteiger partial charge in [-0.2, -0.15) is 4.40 Å². The van der Waals surface area contributed by atoms with Crippen molar-refractivity contribution in [3.8, 4) is 0 Å². The van der Waals surface area contributed by atoms with Gasteiger partial charge in [0.15, 0.2) is 11.0 Å². The summed E-state index contributed by atoms with van der Waals surface area (Å²) in [7, 11) is 2.16. The zero-order chi connectivity index (χ0) is 19.6. The minimum Gasteiger partial charge on any atom is -0.255 e. The van der Waals surface area contributed by atoms with Crippen molar-refractivity contribution < 1.29 is 4.57 Å². The fourth-order valence-electron chi connectivity index (χ4n) is 4.57. The van der Waals surface area contributed by atoms with Crippen LogP contribution in [0.5, 0.6) is 0 Å². The van der Waals surface area contributed by atoms with E-state index in [4.69, 9.17) is 4.98 Å². The zero-order valence-corrected chi connectivity index (χ0v) is 17.2. The summed E-state index contributed by atoms with van der Waals surface area (Å²) in [6.45, 7) is 9.06. The van der Waals surface area contributed by atoms with Crippen LogP contribution in [0.15, 0.2) is 54.7 Å². The molecular formula is C25H26N3+. The summed E-state index contributed by atoms with van der Waals surface area (Å²) in [6, 6.07) is 17.7. The standard InChI is InChI=1S/C25H26N3/c1-16-12-13-26-23-18-14-17(15-25(2,3)4)10-11-19(18)28-21-9-7-6-8-20(21)27(5)24(28)22(16)23/h6-14H,15H2,1-5H3/q+1. The van der Waals surface area contributed by atoms with E-state index in [1.54, 1.807) is 0 Å². The van der Waals surface area contributed by atoms with E-state index in [2.05, 4.69) is 92.2 Å². The van der Waals surface area contributed by atoms with E-state index >= 15 is 0 Å². The summed E-state index contributed by atoms with van der Waals surface area (Å²) >= 11 is 0.